The Hall–Kier alpha value is -0.610. The zero-order chi connectivity index (χ0) is 13.9. The van der Waals surface area contributed by atoms with Crippen molar-refractivity contribution in [3.05, 3.63) is 0 Å². The van der Waals surface area contributed by atoms with Gasteiger partial charge < -0.3 is 16.2 Å². The fourth-order valence-corrected chi connectivity index (χ4v) is 2.91. The molecule has 1 rings (SSSR count). The van der Waals surface area contributed by atoms with E-state index in [-0.39, 0.29) is 12.5 Å². The average Bonchev–Trinajstić information content (AvgIpc) is 2.45. The zero-order valence-electron chi connectivity index (χ0n) is 12.1. The molecule has 1 saturated carbocycles. The first kappa shape index (κ1) is 16.4. The predicted octanol–water partition coefficient (Wildman–Crippen LogP) is 1.81. The monoisotopic (exact) mass is 270 g/mol. The normalized spacial score (nSPS) is 23.3. The van der Waals surface area contributed by atoms with E-state index in [0.29, 0.717) is 18.3 Å². The van der Waals surface area contributed by atoms with Crippen molar-refractivity contribution in [3.8, 4) is 0 Å². The zero-order valence-corrected chi connectivity index (χ0v) is 12.1. The summed E-state index contributed by atoms with van der Waals surface area (Å²) in [5.41, 5.74) is 5.43. The summed E-state index contributed by atoms with van der Waals surface area (Å²) >= 11 is 0. The molecule has 112 valence electrons. The molecule has 2 atom stereocenters. The van der Waals surface area contributed by atoms with Crippen molar-refractivity contribution < 1.29 is 9.90 Å². The van der Waals surface area contributed by atoms with Gasteiger partial charge in [-0.1, -0.05) is 25.7 Å². The molecule has 1 aliphatic carbocycles. The lowest BCUT2D eigenvalue weighted by atomic mass is 9.79. The second kappa shape index (κ2) is 10.2. The molecule has 0 aliphatic heterocycles. The number of aliphatic hydroxyl groups excluding tert-OH is 1. The van der Waals surface area contributed by atoms with Crippen LogP contribution in [0.25, 0.3) is 0 Å². The summed E-state index contributed by atoms with van der Waals surface area (Å²) in [6.45, 7) is 1.75. The highest BCUT2D eigenvalue weighted by Gasteiger charge is 2.24. The Morgan fingerprint density at radius 3 is 2.47 bits per heavy atom. The fourth-order valence-electron chi connectivity index (χ4n) is 2.91. The van der Waals surface area contributed by atoms with Gasteiger partial charge >= 0.3 is 0 Å². The van der Waals surface area contributed by atoms with Crippen LogP contribution in [-0.4, -0.2) is 30.7 Å². The van der Waals surface area contributed by atoms with E-state index in [0.717, 1.165) is 51.6 Å². The molecule has 0 aromatic carbocycles. The summed E-state index contributed by atoms with van der Waals surface area (Å²) in [6.07, 6.45) is 9.56. The molecule has 0 heterocycles. The summed E-state index contributed by atoms with van der Waals surface area (Å²) in [5, 5.41) is 12.4. The van der Waals surface area contributed by atoms with Gasteiger partial charge in [0.15, 0.2) is 0 Å². The van der Waals surface area contributed by atoms with Crippen molar-refractivity contribution in [3.63, 3.8) is 0 Å². The van der Waals surface area contributed by atoms with E-state index in [2.05, 4.69) is 5.32 Å². The van der Waals surface area contributed by atoms with Crippen molar-refractivity contribution in [1.82, 2.24) is 5.32 Å². The highest BCUT2D eigenvalue weighted by atomic mass is 16.3. The Labute approximate surface area is 117 Å². The van der Waals surface area contributed by atoms with E-state index in [9.17, 15) is 9.90 Å². The number of nitrogens with one attached hydrogen (secondary N) is 1. The highest BCUT2D eigenvalue weighted by Crippen LogP contribution is 2.29. The Morgan fingerprint density at radius 2 is 1.79 bits per heavy atom. The molecule has 0 bridgehead atoms. The lowest BCUT2D eigenvalue weighted by molar-refractivity contribution is -0.121. The van der Waals surface area contributed by atoms with Gasteiger partial charge in [0.25, 0.3) is 0 Å². The van der Waals surface area contributed by atoms with Crippen LogP contribution < -0.4 is 11.1 Å². The standard InChI is InChI=1S/C15H30N2O2/c16-10-6-2-1-3-9-15(19)17-11-13-7-4-5-8-14(13)12-18/h13-14,18H,1-12,16H2,(H,17,19). The first-order chi connectivity index (χ1) is 9.27. The third kappa shape index (κ3) is 6.92. The van der Waals surface area contributed by atoms with Crippen LogP contribution in [-0.2, 0) is 4.79 Å². The van der Waals surface area contributed by atoms with Gasteiger partial charge in [-0.05, 0) is 44.1 Å². The van der Waals surface area contributed by atoms with Crippen LogP contribution in [0.1, 0.15) is 57.8 Å². The minimum atomic E-state index is 0.162. The summed E-state index contributed by atoms with van der Waals surface area (Å²) in [7, 11) is 0. The molecule has 0 radical (unpaired) electrons. The van der Waals surface area contributed by atoms with Crippen LogP contribution in [0.5, 0.6) is 0 Å². The maximum atomic E-state index is 11.7. The summed E-state index contributed by atoms with van der Waals surface area (Å²) in [6, 6.07) is 0. The number of hydrogen-bond acceptors (Lipinski definition) is 3. The molecule has 1 fully saturated rings. The molecule has 1 aliphatic rings. The van der Waals surface area contributed by atoms with Gasteiger partial charge in [0.2, 0.25) is 5.91 Å². The topological polar surface area (TPSA) is 75.4 Å². The van der Waals surface area contributed by atoms with E-state index in [1.54, 1.807) is 0 Å². The molecule has 0 aromatic heterocycles. The number of amides is 1. The molecule has 4 N–H and O–H groups in total. The Bertz CT molecular complexity index is 246. The van der Waals surface area contributed by atoms with E-state index in [4.69, 9.17) is 5.73 Å². The number of unbranched alkanes of at least 4 members (excludes halogenated alkanes) is 3. The summed E-state index contributed by atoms with van der Waals surface area (Å²) in [4.78, 5) is 11.7. The SMILES string of the molecule is NCCCCCCC(=O)NCC1CCCCC1CO. The van der Waals surface area contributed by atoms with Gasteiger partial charge in [-0.2, -0.15) is 0 Å². The van der Waals surface area contributed by atoms with Crippen LogP contribution in [0.2, 0.25) is 0 Å². The number of nitrogens with two attached hydrogens (primary N) is 1. The van der Waals surface area contributed by atoms with Crippen molar-refractivity contribution in [2.75, 3.05) is 19.7 Å². The minimum absolute atomic E-state index is 0.162. The van der Waals surface area contributed by atoms with Crippen molar-refractivity contribution >= 4 is 5.91 Å². The Balaban J connectivity index is 2.08. The largest absolute Gasteiger partial charge is 0.396 e. The number of carbonyl (C=O) groups is 1. The molecule has 0 saturated heterocycles. The van der Waals surface area contributed by atoms with Gasteiger partial charge in [-0.15, -0.1) is 0 Å². The molecule has 2 unspecified atom stereocenters. The maximum absolute atomic E-state index is 11.7. The molecule has 4 heteroatoms. The lowest BCUT2D eigenvalue weighted by Crippen LogP contribution is -2.35. The van der Waals surface area contributed by atoms with Crippen LogP contribution in [0.3, 0.4) is 0 Å². The second-order valence-electron chi connectivity index (χ2n) is 5.74. The van der Waals surface area contributed by atoms with Gasteiger partial charge in [0, 0.05) is 19.6 Å². The summed E-state index contributed by atoms with van der Waals surface area (Å²) in [5.74, 6) is 1.02. The van der Waals surface area contributed by atoms with Crippen LogP contribution >= 0.6 is 0 Å². The molecular weight excluding hydrogens is 240 g/mol. The number of rotatable bonds is 9. The molecule has 0 spiro atoms. The van der Waals surface area contributed by atoms with E-state index < -0.39 is 0 Å². The van der Waals surface area contributed by atoms with Crippen LogP contribution in [0, 0.1) is 11.8 Å². The molecule has 4 nitrogen and oxygen atoms in total. The van der Waals surface area contributed by atoms with Crippen molar-refractivity contribution in [2.45, 2.75) is 57.8 Å². The third-order valence-electron chi connectivity index (χ3n) is 4.22. The highest BCUT2D eigenvalue weighted by molar-refractivity contribution is 5.75. The molecular formula is C15H30N2O2. The van der Waals surface area contributed by atoms with Crippen LogP contribution in [0.15, 0.2) is 0 Å². The first-order valence-corrected chi connectivity index (χ1v) is 7.85. The van der Waals surface area contributed by atoms with Gasteiger partial charge in [0.05, 0.1) is 0 Å². The van der Waals surface area contributed by atoms with Gasteiger partial charge in [-0.25, -0.2) is 0 Å². The molecule has 19 heavy (non-hydrogen) atoms. The summed E-state index contributed by atoms with van der Waals surface area (Å²) < 4.78 is 0. The fraction of sp³-hybridized carbons (Fsp3) is 0.933. The van der Waals surface area contributed by atoms with Crippen molar-refractivity contribution in [2.24, 2.45) is 17.6 Å². The lowest BCUT2D eigenvalue weighted by Gasteiger charge is -2.30. The maximum Gasteiger partial charge on any atom is 0.220 e. The third-order valence-corrected chi connectivity index (χ3v) is 4.22. The van der Waals surface area contributed by atoms with Gasteiger partial charge in [0.1, 0.15) is 0 Å². The number of aliphatic hydroxyl groups is 1. The Morgan fingerprint density at radius 1 is 1.11 bits per heavy atom. The average molecular weight is 270 g/mol. The number of carbonyl (C=O) groups excluding carboxylic acids is 1. The van der Waals surface area contributed by atoms with E-state index in [1.807, 2.05) is 0 Å². The van der Waals surface area contributed by atoms with E-state index >= 15 is 0 Å². The second-order valence-corrected chi connectivity index (χ2v) is 5.74. The number of hydrogen-bond donors (Lipinski definition) is 3. The van der Waals surface area contributed by atoms with Crippen LogP contribution in [0.4, 0.5) is 0 Å². The smallest absolute Gasteiger partial charge is 0.220 e. The molecule has 0 aromatic rings. The first-order valence-electron chi connectivity index (χ1n) is 7.85. The van der Waals surface area contributed by atoms with Crippen molar-refractivity contribution in [1.29, 1.82) is 0 Å². The quantitative estimate of drug-likeness (QED) is 0.559. The van der Waals surface area contributed by atoms with E-state index in [1.165, 1.54) is 12.8 Å². The van der Waals surface area contributed by atoms with Gasteiger partial charge in [-0.3, -0.25) is 4.79 Å². The Kier molecular flexibility index (Phi) is 8.84. The predicted molar refractivity (Wildman–Crippen MR) is 77.7 cm³/mol. The molecule has 1 amide bonds. The minimum Gasteiger partial charge on any atom is -0.396 e.